The number of aryl methyl sites for hydroxylation is 1. The monoisotopic (exact) mass is 358 g/mol. The van der Waals surface area contributed by atoms with Crippen molar-refractivity contribution in [2.24, 2.45) is 0 Å². The predicted octanol–water partition coefficient (Wildman–Crippen LogP) is 4.03. The Labute approximate surface area is 161 Å². The van der Waals surface area contributed by atoms with Gasteiger partial charge in [-0.15, -0.1) is 0 Å². The highest BCUT2D eigenvalue weighted by molar-refractivity contribution is 5.96. The number of para-hydroxylation sites is 1. The van der Waals surface area contributed by atoms with Crippen LogP contribution in [-0.4, -0.2) is 37.0 Å². The first-order chi connectivity index (χ1) is 13.3. The lowest BCUT2D eigenvalue weighted by molar-refractivity contribution is -0.119. The maximum Gasteiger partial charge on any atom is 0.227 e. The van der Waals surface area contributed by atoms with E-state index in [4.69, 9.17) is 0 Å². The van der Waals surface area contributed by atoms with Crippen LogP contribution in [0.3, 0.4) is 0 Å². The van der Waals surface area contributed by atoms with E-state index >= 15 is 0 Å². The number of benzene rings is 2. The summed E-state index contributed by atoms with van der Waals surface area (Å²) in [4.78, 5) is 17.0. The summed E-state index contributed by atoms with van der Waals surface area (Å²) in [5, 5.41) is 0. The van der Waals surface area contributed by atoms with E-state index in [1.807, 2.05) is 11.0 Å². The molecule has 1 aliphatic carbocycles. The van der Waals surface area contributed by atoms with Crippen molar-refractivity contribution >= 4 is 17.7 Å². The molecule has 1 amide bonds. The fraction of sp³-hybridized carbons (Fsp3) is 0.375. The molecule has 2 aromatic carbocycles. The van der Waals surface area contributed by atoms with E-state index in [1.54, 1.807) is 0 Å². The van der Waals surface area contributed by atoms with E-state index in [1.165, 1.54) is 29.5 Å². The topological polar surface area (TPSA) is 23.6 Å². The van der Waals surface area contributed by atoms with Crippen LogP contribution >= 0.6 is 0 Å². The van der Waals surface area contributed by atoms with Crippen LogP contribution in [0.25, 0.3) is 6.08 Å². The maximum atomic E-state index is 12.5. The highest BCUT2D eigenvalue weighted by atomic mass is 16.2. The van der Waals surface area contributed by atoms with E-state index in [-0.39, 0.29) is 11.3 Å². The molecule has 3 aliphatic rings. The van der Waals surface area contributed by atoms with Gasteiger partial charge in [-0.1, -0.05) is 54.6 Å². The van der Waals surface area contributed by atoms with Crippen molar-refractivity contribution in [3.63, 3.8) is 0 Å². The highest BCUT2D eigenvalue weighted by Gasteiger charge is 2.37. The van der Waals surface area contributed by atoms with Crippen molar-refractivity contribution in [2.75, 3.05) is 31.1 Å². The van der Waals surface area contributed by atoms with E-state index in [0.717, 1.165) is 38.3 Å². The van der Waals surface area contributed by atoms with Gasteiger partial charge >= 0.3 is 0 Å². The molecule has 2 aromatic rings. The standard InChI is InChI=1S/C24H26N2O/c27-23-10-9-20-6-2-4-8-22(20)26(23)18-17-25-15-13-24(14-16-25)12-11-19-5-1-3-7-21(19)24/h1-8,11-12H,9-10,13-18H2. The molecule has 3 heteroatoms. The van der Waals surface area contributed by atoms with Crippen molar-refractivity contribution in [1.82, 2.24) is 4.90 Å². The first-order valence-corrected chi connectivity index (χ1v) is 10.1. The van der Waals surface area contributed by atoms with Gasteiger partial charge in [-0.3, -0.25) is 4.79 Å². The van der Waals surface area contributed by atoms with Gasteiger partial charge in [0.2, 0.25) is 5.91 Å². The molecule has 27 heavy (non-hydrogen) atoms. The summed E-state index contributed by atoms with van der Waals surface area (Å²) >= 11 is 0. The lowest BCUT2D eigenvalue weighted by Gasteiger charge is -2.40. The van der Waals surface area contributed by atoms with Crippen LogP contribution in [0, 0.1) is 0 Å². The van der Waals surface area contributed by atoms with Crippen molar-refractivity contribution < 1.29 is 4.79 Å². The number of amides is 1. The van der Waals surface area contributed by atoms with Crippen molar-refractivity contribution in [1.29, 1.82) is 0 Å². The second-order valence-corrected chi connectivity index (χ2v) is 8.09. The van der Waals surface area contributed by atoms with Gasteiger partial charge in [0, 0.05) is 30.6 Å². The Kier molecular flexibility index (Phi) is 4.13. The van der Waals surface area contributed by atoms with Gasteiger partial charge in [-0.2, -0.15) is 0 Å². The minimum atomic E-state index is 0.237. The molecule has 0 unspecified atom stereocenters. The number of nitrogens with zero attached hydrogens (tertiary/aromatic N) is 2. The number of allylic oxidation sites excluding steroid dienone is 1. The minimum Gasteiger partial charge on any atom is -0.311 e. The molecule has 1 spiro atoms. The molecular formula is C24H26N2O. The lowest BCUT2D eigenvalue weighted by Crippen LogP contribution is -2.46. The number of carbonyl (C=O) groups is 1. The predicted molar refractivity (Wildman–Crippen MR) is 110 cm³/mol. The average Bonchev–Trinajstić information content (AvgIpc) is 3.07. The number of rotatable bonds is 3. The number of fused-ring (bicyclic) bond motifs is 3. The average molecular weight is 358 g/mol. The van der Waals surface area contributed by atoms with Gasteiger partial charge in [-0.05, 0) is 55.1 Å². The second kappa shape index (κ2) is 6.65. The minimum absolute atomic E-state index is 0.237. The van der Waals surface area contributed by atoms with Crippen molar-refractivity contribution in [2.45, 2.75) is 31.1 Å². The first kappa shape index (κ1) is 16.8. The molecule has 0 atom stereocenters. The third kappa shape index (κ3) is 2.90. The molecule has 0 bridgehead atoms. The quantitative estimate of drug-likeness (QED) is 0.827. The van der Waals surface area contributed by atoms with Crippen LogP contribution < -0.4 is 4.90 Å². The Morgan fingerprint density at radius 1 is 0.889 bits per heavy atom. The zero-order chi connectivity index (χ0) is 18.3. The summed E-state index contributed by atoms with van der Waals surface area (Å²) < 4.78 is 0. The molecule has 1 fully saturated rings. The van der Waals surface area contributed by atoms with E-state index in [2.05, 4.69) is 59.5 Å². The van der Waals surface area contributed by atoms with Crippen LogP contribution in [0.5, 0.6) is 0 Å². The molecule has 2 aliphatic heterocycles. The fourth-order valence-electron chi connectivity index (χ4n) is 5.03. The summed E-state index contributed by atoms with van der Waals surface area (Å²) in [6.45, 7) is 3.96. The molecule has 138 valence electrons. The third-order valence-electron chi connectivity index (χ3n) is 6.66. The second-order valence-electron chi connectivity index (χ2n) is 8.09. The summed E-state index contributed by atoms with van der Waals surface area (Å²) in [6, 6.07) is 17.2. The van der Waals surface area contributed by atoms with E-state index in [9.17, 15) is 4.79 Å². The summed E-state index contributed by atoms with van der Waals surface area (Å²) in [5.41, 5.74) is 5.56. The molecule has 0 aromatic heterocycles. The Bertz CT molecular complexity index is 893. The Hall–Kier alpha value is -2.39. The Morgan fingerprint density at radius 2 is 1.67 bits per heavy atom. The largest absolute Gasteiger partial charge is 0.311 e. The highest BCUT2D eigenvalue weighted by Crippen LogP contribution is 2.43. The van der Waals surface area contributed by atoms with Crippen LogP contribution in [0.2, 0.25) is 0 Å². The normalized spacial score (nSPS) is 20.7. The van der Waals surface area contributed by atoms with E-state index in [0.29, 0.717) is 6.42 Å². The van der Waals surface area contributed by atoms with Crippen LogP contribution in [0.15, 0.2) is 54.6 Å². The molecule has 0 N–H and O–H groups in total. The van der Waals surface area contributed by atoms with Crippen LogP contribution in [-0.2, 0) is 16.6 Å². The number of carbonyl (C=O) groups excluding carboxylic acids is 1. The Balaban J connectivity index is 1.24. The smallest absolute Gasteiger partial charge is 0.227 e. The fourth-order valence-corrected chi connectivity index (χ4v) is 5.03. The Morgan fingerprint density at radius 3 is 2.56 bits per heavy atom. The first-order valence-electron chi connectivity index (χ1n) is 10.1. The van der Waals surface area contributed by atoms with Gasteiger partial charge in [0.25, 0.3) is 0 Å². The van der Waals surface area contributed by atoms with Crippen LogP contribution in [0.1, 0.15) is 36.0 Å². The van der Waals surface area contributed by atoms with Gasteiger partial charge in [0.15, 0.2) is 0 Å². The van der Waals surface area contributed by atoms with Gasteiger partial charge in [0.1, 0.15) is 0 Å². The lowest BCUT2D eigenvalue weighted by atomic mass is 9.74. The number of hydrogen-bond acceptors (Lipinski definition) is 2. The number of hydrogen-bond donors (Lipinski definition) is 0. The molecular weight excluding hydrogens is 332 g/mol. The number of piperidine rings is 1. The molecule has 5 rings (SSSR count). The van der Waals surface area contributed by atoms with Crippen molar-refractivity contribution in [3.8, 4) is 0 Å². The van der Waals surface area contributed by atoms with E-state index < -0.39 is 0 Å². The number of likely N-dealkylation sites (tertiary alicyclic amines) is 1. The molecule has 3 nitrogen and oxygen atoms in total. The summed E-state index contributed by atoms with van der Waals surface area (Å²) in [5.74, 6) is 0.273. The molecule has 1 saturated heterocycles. The SMILES string of the molecule is O=C1CCc2ccccc2N1CCN1CCC2(C=Cc3ccccc32)CC1. The zero-order valence-electron chi connectivity index (χ0n) is 15.7. The van der Waals surface area contributed by atoms with Gasteiger partial charge < -0.3 is 9.80 Å². The molecule has 0 saturated carbocycles. The zero-order valence-corrected chi connectivity index (χ0v) is 15.7. The van der Waals surface area contributed by atoms with Crippen molar-refractivity contribution in [3.05, 3.63) is 71.3 Å². The third-order valence-corrected chi connectivity index (χ3v) is 6.66. The van der Waals surface area contributed by atoms with Gasteiger partial charge in [-0.25, -0.2) is 0 Å². The number of anilines is 1. The summed E-state index contributed by atoms with van der Waals surface area (Å²) in [6.07, 6.45) is 8.59. The molecule has 0 radical (unpaired) electrons. The molecule has 2 heterocycles. The van der Waals surface area contributed by atoms with Gasteiger partial charge in [0.05, 0.1) is 0 Å². The maximum absolute atomic E-state index is 12.5. The van der Waals surface area contributed by atoms with Crippen LogP contribution in [0.4, 0.5) is 5.69 Å². The summed E-state index contributed by atoms with van der Waals surface area (Å²) in [7, 11) is 0.